The van der Waals surface area contributed by atoms with Crippen molar-refractivity contribution in [3.8, 4) is 0 Å². The molecule has 0 aliphatic carbocycles. The number of ether oxygens (including phenoxy) is 4. The van der Waals surface area contributed by atoms with Gasteiger partial charge in [0.25, 0.3) is 11.8 Å². The number of rotatable bonds is 10. The highest BCUT2D eigenvalue weighted by Crippen LogP contribution is 2.16. The summed E-state index contributed by atoms with van der Waals surface area (Å²) in [5, 5.41) is 0.288. The van der Waals surface area contributed by atoms with E-state index in [4.69, 9.17) is 23.8 Å². The summed E-state index contributed by atoms with van der Waals surface area (Å²) < 4.78 is 20.1. The molecular weight excluding hydrogens is 442 g/mol. The van der Waals surface area contributed by atoms with Crippen LogP contribution >= 0.6 is 0 Å². The van der Waals surface area contributed by atoms with E-state index in [1.165, 1.54) is 0 Å². The van der Waals surface area contributed by atoms with Gasteiger partial charge in [0, 0.05) is 12.8 Å². The average molecular weight is 473 g/mol. The van der Waals surface area contributed by atoms with Crippen molar-refractivity contribution in [1.82, 2.24) is 5.06 Å². The fraction of sp³-hybridized carbons (Fsp3) is 0.714. The van der Waals surface area contributed by atoms with Gasteiger partial charge in [-0.15, -0.1) is 5.06 Å². The number of hydrogen-bond acceptors (Lipinski definition) is 11. The van der Waals surface area contributed by atoms with Crippen molar-refractivity contribution >= 4 is 35.9 Å². The summed E-state index contributed by atoms with van der Waals surface area (Å²) in [6.07, 6.45) is -5.53. The van der Waals surface area contributed by atoms with Crippen molar-refractivity contribution in [3.63, 3.8) is 0 Å². The van der Waals surface area contributed by atoms with E-state index in [9.17, 15) is 28.8 Å². The van der Waals surface area contributed by atoms with Crippen LogP contribution in [0.25, 0.3) is 0 Å². The first-order valence-corrected chi connectivity index (χ1v) is 10.6. The predicted octanol–water partition coefficient (Wildman–Crippen LogP) is 1.82. The van der Waals surface area contributed by atoms with Crippen LogP contribution in [-0.2, 0) is 47.8 Å². The molecule has 0 N–H and O–H groups in total. The number of hydroxylamine groups is 2. The van der Waals surface area contributed by atoms with Gasteiger partial charge < -0.3 is 23.8 Å². The van der Waals surface area contributed by atoms with Gasteiger partial charge in [0.2, 0.25) is 6.10 Å². The maximum Gasteiger partial charge on any atom is 0.509 e. The fourth-order valence-electron chi connectivity index (χ4n) is 2.37. The first kappa shape index (κ1) is 27.9. The first-order chi connectivity index (χ1) is 15.2. The zero-order chi connectivity index (χ0) is 25.3. The summed E-state index contributed by atoms with van der Waals surface area (Å²) in [7, 11) is 0. The van der Waals surface area contributed by atoms with Crippen molar-refractivity contribution in [2.75, 3.05) is 6.61 Å². The van der Waals surface area contributed by atoms with E-state index in [-0.39, 0.29) is 36.9 Å². The molecule has 1 aliphatic rings. The molecule has 1 aliphatic heterocycles. The number of hydrogen-bond donors (Lipinski definition) is 0. The van der Waals surface area contributed by atoms with Crippen molar-refractivity contribution in [1.29, 1.82) is 0 Å². The Labute approximate surface area is 191 Å². The lowest BCUT2D eigenvalue weighted by atomic mass is 10.2. The normalized spacial score (nSPS) is 15.7. The Morgan fingerprint density at radius 3 is 2.00 bits per heavy atom. The maximum absolute atomic E-state index is 12.6. The molecule has 1 saturated heterocycles. The summed E-state index contributed by atoms with van der Waals surface area (Å²) in [6, 6.07) is 0. The third-order valence-corrected chi connectivity index (χ3v) is 3.89. The lowest BCUT2D eigenvalue weighted by Gasteiger charge is -2.23. The first-order valence-electron chi connectivity index (χ1n) is 10.6. The number of amides is 2. The minimum absolute atomic E-state index is 0.0520. The number of nitrogens with zero attached hydrogens (tertiary/aromatic N) is 1. The van der Waals surface area contributed by atoms with E-state index in [2.05, 4.69) is 0 Å². The van der Waals surface area contributed by atoms with Crippen LogP contribution in [0.2, 0.25) is 0 Å². The van der Waals surface area contributed by atoms with Gasteiger partial charge in [-0.25, -0.2) is 19.2 Å². The molecule has 33 heavy (non-hydrogen) atoms. The Hall–Kier alpha value is -3.18. The van der Waals surface area contributed by atoms with E-state index in [0.29, 0.717) is 0 Å². The quantitative estimate of drug-likeness (QED) is 0.259. The standard InChI is InChI=1S/C21H31NO11/c1-7-13(18(26)29-11-12(2)3)30-19(27)14(31-20(28)32-21(4,5)6)10-17(25)33-22-15(23)8-9-16(22)24/h12-14H,7-11H2,1-6H3/t13-,14-/m0/s1. The molecular formula is C21H31NO11. The number of esters is 2. The van der Waals surface area contributed by atoms with Gasteiger partial charge in [-0.05, 0) is 33.1 Å². The Balaban J connectivity index is 2.90. The summed E-state index contributed by atoms with van der Waals surface area (Å²) in [6.45, 7) is 9.99. The molecule has 0 saturated carbocycles. The third kappa shape index (κ3) is 9.87. The van der Waals surface area contributed by atoms with Gasteiger partial charge in [0.1, 0.15) is 5.60 Å². The highest BCUT2D eigenvalue weighted by Gasteiger charge is 2.37. The van der Waals surface area contributed by atoms with Crippen molar-refractivity contribution in [2.45, 2.75) is 85.0 Å². The van der Waals surface area contributed by atoms with Gasteiger partial charge in [-0.3, -0.25) is 9.59 Å². The molecule has 1 rings (SSSR count). The second kappa shape index (κ2) is 12.2. The highest BCUT2D eigenvalue weighted by molar-refractivity contribution is 6.01. The molecule has 0 aromatic rings. The van der Waals surface area contributed by atoms with Crippen LogP contribution in [0.1, 0.15) is 67.2 Å². The molecule has 0 aromatic carbocycles. The monoisotopic (exact) mass is 473 g/mol. The molecule has 2 amide bonds. The van der Waals surface area contributed by atoms with Crippen LogP contribution < -0.4 is 0 Å². The highest BCUT2D eigenvalue weighted by atomic mass is 16.8. The largest absolute Gasteiger partial charge is 0.509 e. The Bertz CT molecular complexity index is 753. The number of imide groups is 1. The second-order valence-corrected chi connectivity index (χ2v) is 8.68. The second-order valence-electron chi connectivity index (χ2n) is 8.68. The molecule has 0 unspecified atom stereocenters. The van der Waals surface area contributed by atoms with Gasteiger partial charge in [-0.2, -0.15) is 0 Å². The van der Waals surface area contributed by atoms with Crippen LogP contribution in [0, 0.1) is 5.92 Å². The van der Waals surface area contributed by atoms with E-state index in [1.807, 2.05) is 13.8 Å². The van der Waals surface area contributed by atoms with Crippen molar-refractivity contribution < 1.29 is 52.6 Å². The molecule has 0 radical (unpaired) electrons. The molecule has 0 bridgehead atoms. The summed E-state index contributed by atoms with van der Waals surface area (Å²) in [4.78, 5) is 77.1. The van der Waals surface area contributed by atoms with E-state index < -0.39 is 60.1 Å². The Morgan fingerprint density at radius 2 is 1.52 bits per heavy atom. The Morgan fingerprint density at radius 1 is 0.939 bits per heavy atom. The summed E-state index contributed by atoms with van der Waals surface area (Å²) in [5.74, 6) is -4.63. The van der Waals surface area contributed by atoms with E-state index in [0.717, 1.165) is 0 Å². The van der Waals surface area contributed by atoms with Gasteiger partial charge in [0.15, 0.2) is 6.10 Å². The zero-order valence-electron chi connectivity index (χ0n) is 19.7. The molecule has 0 aromatic heterocycles. The zero-order valence-corrected chi connectivity index (χ0v) is 19.7. The minimum Gasteiger partial charge on any atom is -0.463 e. The third-order valence-electron chi connectivity index (χ3n) is 3.89. The molecule has 0 spiro atoms. The smallest absolute Gasteiger partial charge is 0.463 e. The van der Waals surface area contributed by atoms with Crippen LogP contribution in [0.15, 0.2) is 0 Å². The van der Waals surface area contributed by atoms with Gasteiger partial charge in [0.05, 0.1) is 13.0 Å². The Kier molecular flexibility index (Phi) is 10.3. The topological polar surface area (TPSA) is 152 Å². The van der Waals surface area contributed by atoms with Crippen molar-refractivity contribution in [2.24, 2.45) is 5.92 Å². The molecule has 2 atom stereocenters. The van der Waals surface area contributed by atoms with Gasteiger partial charge in [-0.1, -0.05) is 20.8 Å². The molecule has 12 nitrogen and oxygen atoms in total. The van der Waals surface area contributed by atoms with Crippen LogP contribution in [0.3, 0.4) is 0 Å². The summed E-state index contributed by atoms with van der Waals surface area (Å²) in [5.41, 5.74) is -0.965. The molecule has 1 fully saturated rings. The van der Waals surface area contributed by atoms with Crippen LogP contribution in [0.4, 0.5) is 4.79 Å². The summed E-state index contributed by atoms with van der Waals surface area (Å²) >= 11 is 0. The SMILES string of the molecule is CC[C@H](OC(=O)[C@H](CC(=O)ON1C(=O)CCC1=O)OC(=O)OC(C)(C)C)C(=O)OCC(C)C. The van der Waals surface area contributed by atoms with E-state index >= 15 is 0 Å². The van der Waals surface area contributed by atoms with Crippen LogP contribution in [0.5, 0.6) is 0 Å². The average Bonchev–Trinajstić information content (AvgIpc) is 2.99. The lowest BCUT2D eigenvalue weighted by Crippen LogP contribution is -2.40. The maximum atomic E-state index is 12.6. The van der Waals surface area contributed by atoms with Crippen molar-refractivity contribution in [3.05, 3.63) is 0 Å². The number of carbonyl (C=O) groups excluding carboxylic acids is 6. The minimum atomic E-state index is -1.87. The van der Waals surface area contributed by atoms with Gasteiger partial charge >= 0.3 is 24.1 Å². The fourth-order valence-corrected chi connectivity index (χ4v) is 2.37. The lowest BCUT2D eigenvalue weighted by molar-refractivity contribution is -0.200. The molecule has 12 heteroatoms. The molecule has 186 valence electrons. The molecule has 1 heterocycles. The number of carbonyl (C=O) groups is 6. The predicted molar refractivity (Wildman–Crippen MR) is 109 cm³/mol. The van der Waals surface area contributed by atoms with E-state index in [1.54, 1.807) is 27.7 Å². The van der Waals surface area contributed by atoms with Crippen LogP contribution in [-0.4, -0.2) is 65.4 Å².